The summed E-state index contributed by atoms with van der Waals surface area (Å²) in [6.45, 7) is 7.70. The summed E-state index contributed by atoms with van der Waals surface area (Å²) >= 11 is 1.65. The Morgan fingerprint density at radius 2 is 2.09 bits per heavy atom. The number of nitrogens with one attached hydrogen (secondary N) is 1. The van der Waals surface area contributed by atoms with E-state index in [1.54, 1.807) is 23.9 Å². The molecule has 2 aliphatic rings. The average molecular weight is 337 g/mol. The molecule has 1 aromatic rings. The maximum atomic E-state index is 13.6. The van der Waals surface area contributed by atoms with Crippen molar-refractivity contribution in [2.45, 2.75) is 24.0 Å². The highest BCUT2D eigenvalue weighted by Gasteiger charge is 2.39. The molecule has 1 amide bonds. The van der Waals surface area contributed by atoms with Crippen LogP contribution in [0.1, 0.15) is 24.3 Å². The van der Waals surface area contributed by atoms with Gasteiger partial charge in [0.25, 0.3) is 0 Å². The van der Waals surface area contributed by atoms with Gasteiger partial charge < -0.3 is 10.2 Å². The van der Waals surface area contributed by atoms with E-state index in [1.807, 2.05) is 17.9 Å². The quantitative estimate of drug-likeness (QED) is 0.892. The van der Waals surface area contributed by atoms with Gasteiger partial charge in [-0.25, -0.2) is 4.39 Å². The number of thioether (sulfide) groups is 1. The number of hydrogen-bond acceptors (Lipinski definition) is 4. The number of carbonyl (C=O) groups excluding carboxylic acids is 1. The van der Waals surface area contributed by atoms with Gasteiger partial charge in [-0.1, -0.05) is 19.1 Å². The van der Waals surface area contributed by atoms with Crippen molar-refractivity contribution in [3.05, 3.63) is 35.6 Å². The second-order valence-electron chi connectivity index (χ2n) is 6.06. The van der Waals surface area contributed by atoms with Crippen molar-refractivity contribution in [1.82, 2.24) is 15.1 Å². The molecule has 1 N–H and O–H groups in total. The number of hydrogen-bond donors (Lipinski definition) is 1. The Morgan fingerprint density at radius 1 is 1.30 bits per heavy atom. The molecule has 0 bridgehead atoms. The van der Waals surface area contributed by atoms with E-state index in [0.717, 1.165) is 44.7 Å². The predicted molar refractivity (Wildman–Crippen MR) is 91.8 cm³/mol. The van der Waals surface area contributed by atoms with Crippen LogP contribution in [0.2, 0.25) is 0 Å². The van der Waals surface area contributed by atoms with Crippen molar-refractivity contribution >= 4 is 17.7 Å². The normalized spacial score (nSPS) is 26.0. The predicted octanol–water partition coefficient (Wildman–Crippen LogP) is 2.08. The van der Waals surface area contributed by atoms with E-state index in [9.17, 15) is 9.18 Å². The Hall–Kier alpha value is -1.11. The van der Waals surface area contributed by atoms with Crippen LogP contribution >= 0.6 is 11.8 Å². The van der Waals surface area contributed by atoms with Crippen molar-refractivity contribution in [2.75, 3.05) is 39.3 Å². The number of piperazine rings is 1. The van der Waals surface area contributed by atoms with Crippen molar-refractivity contribution in [2.24, 2.45) is 0 Å². The van der Waals surface area contributed by atoms with E-state index in [0.29, 0.717) is 6.54 Å². The number of amides is 1. The molecule has 0 aromatic heterocycles. The standard InChI is InChI=1S/C17H24FN3OS/c1-2-15-16(22)21(11-10-20-8-6-19-7-9-20)17(23-15)13-4-3-5-14(18)12-13/h3-5,12,15,17,19H,2,6-11H2,1H3/t15-,17+/m1/s1. The fourth-order valence-electron chi connectivity index (χ4n) is 3.19. The second-order valence-corrected chi connectivity index (χ2v) is 7.35. The lowest BCUT2D eigenvalue weighted by molar-refractivity contribution is -0.130. The third kappa shape index (κ3) is 3.87. The van der Waals surface area contributed by atoms with Gasteiger partial charge in [0.2, 0.25) is 5.91 Å². The fraction of sp³-hybridized carbons (Fsp3) is 0.588. The molecule has 0 unspecified atom stereocenters. The van der Waals surface area contributed by atoms with Gasteiger partial charge in [0, 0.05) is 39.3 Å². The molecule has 2 saturated heterocycles. The van der Waals surface area contributed by atoms with Crippen molar-refractivity contribution in [3.8, 4) is 0 Å². The first-order chi connectivity index (χ1) is 11.2. The Balaban J connectivity index is 1.71. The number of halogens is 1. The first-order valence-corrected chi connectivity index (χ1v) is 9.28. The Bertz CT molecular complexity index is 550. The molecule has 1 aromatic carbocycles. The molecule has 23 heavy (non-hydrogen) atoms. The molecule has 2 atom stereocenters. The summed E-state index contributed by atoms with van der Waals surface area (Å²) in [4.78, 5) is 17.0. The zero-order valence-corrected chi connectivity index (χ0v) is 14.3. The van der Waals surface area contributed by atoms with Gasteiger partial charge >= 0.3 is 0 Å². The lowest BCUT2D eigenvalue weighted by Gasteiger charge is -2.31. The Labute approximate surface area is 141 Å². The monoisotopic (exact) mass is 337 g/mol. The van der Waals surface area contributed by atoms with E-state index in [4.69, 9.17) is 0 Å². The van der Waals surface area contributed by atoms with Crippen LogP contribution in [0.15, 0.2) is 24.3 Å². The van der Waals surface area contributed by atoms with Crippen LogP contribution in [0.3, 0.4) is 0 Å². The van der Waals surface area contributed by atoms with Crippen molar-refractivity contribution < 1.29 is 9.18 Å². The van der Waals surface area contributed by atoms with E-state index < -0.39 is 0 Å². The molecule has 0 spiro atoms. The highest BCUT2D eigenvalue weighted by atomic mass is 32.2. The van der Waals surface area contributed by atoms with Crippen molar-refractivity contribution in [1.29, 1.82) is 0 Å². The first kappa shape index (κ1) is 16.7. The highest BCUT2D eigenvalue weighted by Crippen LogP contribution is 2.44. The second kappa shape index (κ2) is 7.64. The Morgan fingerprint density at radius 3 is 2.78 bits per heavy atom. The minimum absolute atomic E-state index is 0.00806. The maximum Gasteiger partial charge on any atom is 0.236 e. The molecule has 126 valence electrons. The minimum Gasteiger partial charge on any atom is -0.324 e. The zero-order chi connectivity index (χ0) is 16.2. The molecule has 4 nitrogen and oxygen atoms in total. The lowest BCUT2D eigenvalue weighted by atomic mass is 10.2. The van der Waals surface area contributed by atoms with Gasteiger partial charge in [-0.05, 0) is 24.1 Å². The molecule has 2 heterocycles. The van der Waals surface area contributed by atoms with Gasteiger partial charge in [-0.2, -0.15) is 0 Å². The number of carbonyl (C=O) groups is 1. The molecule has 0 saturated carbocycles. The average Bonchev–Trinajstić information content (AvgIpc) is 2.90. The summed E-state index contributed by atoms with van der Waals surface area (Å²) < 4.78 is 13.6. The van der Waals surface area contributed by atoms with E-state index in [-0.39, 0.29) is 22.3 Å². The number of rotatable bonds is 5. The number of benzene rings is 1. The summed E-state index contributed by atoms with van der Waals surface area (Å²) in [7, 11) is 0. The molecule has 3 rings (SSSR count). The van der Waals surface area contributed by atoms with E-state index >= 15 is 0 Å². The maximum absolute atomic E-state index is 13.6. The van der Waals surface area contributed by atoms with Crippen LogP contribution in [0.4, 0.5) is 4.39 Å². The van der Waals surface area contributed by atoms with Gasteiger partial charge in [0.1, 0.15) is 11.2 Å². The zero-order valence-electron chi connectivity index (χ0n) is 13.5. The topological polar surface area (TPSA) is 35.6 Å². The number of nitrogens with zero attached hydrogens (tertiary/aromatic N) is 2. The first-order valence-electron chi connectivity index (χ1n) is 8.33. The van der Waals surface area contributed by atoms with Crippen LogP contribution in [0.5, 0.6) is 0 Å². The van der Waals surface area contributed by atoms with Gasteiger partial charge in [0.15, 0.2) is 0 Å². The van der Waals surface area contributed by atoms with E-state index in [2.05, 4.69) is 10.2 Å². The van der Waals surface area contributed by atoms with Crippen LogP contribution in [0, 0.1) is 5.82 Å². The minimum atomic E-state index is -0.238. The summed E-state index contributed by atoms with van der Waals surface area (Å²) in [5, 5.41) is 3.27. The van der Waals surface area contributed by atoms with Crippen LogP contribution in [-0.4, -0.2) is 60.2 Å². The highest BCUT2D eigenvalue weighted by molar-refractivity contribution is 8.01. The van der Waals surface area contributed by atoms with E-state index in [1.165, 1.54) is 6.07 Å². The van der Waals surface area contributed by atoms with Crippen LogP contribution < -0.4 is 5.32 Å². The molecule has 2 aliphatic heterocycles. The molecule has 0 radical (unpaired) electrons. The molecule has 6 heteroatoms. The fourth-order valence-corrected chi connectivity index (χ4v) is 4.60. The van der Waals surface area contributed by atoms with Crippen molar-refractivity contribution in [3.63, 3.8) is 0 Å². The molecule has 2 fully saturated rings. The van der Waals surface area contributed by atoms with Gasteiger partial charge in [-0.15, -0.1) is 11.8 Å². The molecule has 0 aliphatic carbocycles. The summed E-state index contributed by atoms with van der Waals surface area (Å²) in [5.74, 6) is -0.0422. The molecular formula is C17H24FN3OS. The SMILES string of the molecule is CC[C@H]1S[C@@H](c2cccc(F)c2)N(CCN2CCNCC2)C1=O. The summed E-state index contributed by atoms with van der Waals surface area (Å²) in [5.41, 5.74) is 0.889. The summed E-state index contributed by atoms with van der Waals surface area (Å²) in [6.07, 6.45) is 0.819. The van der Waals surface area contributed by atoms with Crippen LogP contribution in [0.25, 0.3) is 0 Å². The van der Waals surface area contributed by atoms with Gasteiger partial charge in [-0.3, -0.25) is 9.69 Å². The summed E-state index contributed by atoms with van der Waals surface area (Å²) in [6, 6.07) is 6.65. The third-order valence-corrected chi connectivity index (χ3v) is 6.15. The van der Waals surface area contributed by atoms with Crippen LogP contribution in [-0.2, 0) is 4.79 Å². The Kier molecular flexibility index (Phi) is 5.56. The largest absolute Gasteiger partial charge is 0.324 e. The van der Waals surface area contributed by atoms with Gasteiger partial charge in [0.05, 0.1) is 5.25 Å². The third-order valence-electron chi connectivity index (χ3n) is 4.51. The lowest BCUT2D eigenvalue weighted by Crippen LogP contribution is -2.47. The smallest absolute Gasteiger partial charge is 0.236 e. The molecular weight excluding hydrogens is 313 g/mol.